The van der Waals surface area contributed by atoms with Crippen molar-refractivity contribution in [3.05, 3.63) is 26.6 Å². The summed E-state index contributed by atoms with van der Waals surface area (Å²) in [5.41, 5.74) is 1.04. The summed E-state index contributed by atoms with van der Waals surface area (Å²) in [6, 6.07) is 3.67. The van der Waals surface area contributed by atoms with E-state index in [0.29, 0.717) is 5.75 Å². The molecule has 1 atom stereocenters. The molecule has 0 amide bonds. The van der Waals surface area contributed by atoms with Gasteiger partial charge in [-0.15, -0.1) is 0 Å². The fourth-order valence-corrected chi connectivity index (χ4v) is 1.79. The van der Waals surface area contributed by atoms with Crippen LogP contribution in [0.3, 0.4) is 0 Å². The van der Waals surface area contributed by atoms with E-state index in [0.717, 1.165) is 14.5 Å². The van der Waals surface area contributed by atoms with Crippen LogP contribution in [0, 0.1) is 6.92 Å². The van der Waals surface area contributed by atoms with Gasteiger partial charge in [-0.25, -0.2) is 0 Å². The summed E-state index contributed by atoms with van der Waals surface area (Å²) < 4.78 is 7.20. The minimum Gasteiger partial charge on any atom is -0.491 e. The van der Waals surface area contributed by atoms with Crippen molar-refractivity contribution in [3.63, 3.8) is 0 Å². The smallest absolute Gasteiger partial charge is 0.120 e. The van der Waals surface area contributed by atoms with Crippen LogP contribution in [0.25, 0.3) is 0 Å². The lowest BCUT2D eigenvalue weighted by atomic mass is 10.2. The zero-order valence-electron chi connectivity index (χ0n) is 8.20. The van der Waals surface area contributed by atoms with E-state index in [2.05, 4.69) is 31.9 Å². The molecule has 1 aromatic carbocycles. The molecular weight excluding hydrogens is 328 g/mol. The molecule has 0 aliphatic heterocycles. The van der Waals surface area contributed by atoms with Gasteiger partial charge in [0.15, 0.2) is 0 Å². The Balaban J connectivity index is 2.70. The number of halogens is 2. The third-order valence-electron chi connectivity index (χ3n) is 1.84. The molecule has 0 bridgehead atoms. The third kappa shape index (κ3) is 3.75. The first-order valence-corrected chi connectivity index (χ1v) is 6.00. The van der Waals surface area contributed by atoms with Gasteiger partial charge in [-0.3, -0.25) is 0 Å². The van der Waals surface area contributed by atoms with Crippen molar-refractivity contribution < 1.29 is 14.9 Å². The predicted molar refractivity (Wildman–Crippen MR) is 65.2 cm³/mol. The lowest BCUT2D eigenvalue weighted by Gasteiger charge is -2.11. The number of rotatable bonds is 4. The summed E-state index contributed by atoms with van der Waals surface area (Å²) in [4.78, 5) is 0. The fourth-order valence-electron chi connectivity index (χ4n) is 1.02. The molecule has 0 fully saturated rings. The second kappa shape index (κ2) is 5.84. The molecule has 1 rings (SSSR count). The predicted octanol–water partition coefficient (Wildman–Crippen LogP) is 2.25. The molecule has 3 nitrogen and oxygen atoms in total. The van der Waals surface area contributed by atoms with E-state index in [1.54, 1.807) is 6.07 Å². The number of benzene rings is 1. The molecular formula is C10H12Br2O3. The van der Waals surface area contributed by atoms with Crippen molar-refractivity contribution in [3.8, 4) is 5.75 Å². The lowest BCUT2D eigenvalue weighted by molar-refractivity contribution is 0.0535. The van der Waals surface area contributed by atoms with Crippen molar-refractivity contribution in [2.24, 2.45) is 0 Å². The molecule has 0 saturated heterocycles. The van der Waals surface area contributed by atoms with E-state index in [1.807, 2.05) is 13.0 Å². The fraction of sp³-hybridized carbons (Fsp3) is 0.400. The van der Waals surface area contributed by atoms with Crippen LogP contribution in [-0.4, -0.2) is 29.5 Å². The first-order chi connectivity index (χ1) is 7.04. The first kappa shape index (κ1) is 13.0. The van der Waals surface area contributed by atoms with E-state index >= 15 is 0 Å². The van der Waals surface area contributed by atoms with Gasteiger partial charge in [-0.05, 0) is 56.5 Å². The quantitative estimate of drug-likeness (QED) is 0.884. The van der Waals surface area contributed by atoms with E-state index in [1.165, 1.54) is 0 Å². The molecule has 1 aromatic rings. The molecule has 0 spiro atoms. The lowest BCUT2D eigenvalue weighted by Crippen LogP contribution is -2.21. The average Bonchev–Trinajstić information content (AvgIpc) is 2.22. The Kier molecular flexibility index (Phi) is 5.05. The van der Waals surface area contributed by atoms with E-state index in [4.69, 9.17) is 14.9 Å². The highest BCUT2D eigenvalue weighted by Gasteiger charge is 2.06. The highest BCUT2D eigenvalue weighted by atomic mass is 79.9. The maximum atomic E-state index is 9.12. The molecule has 0 heterocycles. The van der Waals surface area contributed by atoms with Gasteiger partial charge in [0.25, 0.3) is 0 Å². The minimum atomic E-state index is -0.840. The Morgan fingerprint density at radius 2 is 2.07 bits per heavy atom. The van der Waals surface area contributed by atoms with Gasteiger partial charge in [-0.1, -0.05) is 0 Å². The van der Waals surface area contributed by atoms with Crippen molar-refractivity contribution in [2.45, 2.75) is 13.0 Å². The zero-order chi connectivity index (χ0) is 11.4. The molecule has 2 N–H and O–H groups in total. The molecule has 0 radical (unpaired) electrons. The van der Waals surface area contributed by atoms with Gasteiger partial charge in [-0.2, -0.15) is 0 Å². The Morgan fingerprint density at radius 1 is 1.40 bits per heavy atom. The number of hydrogen-bond donors (Lipinski definition) is 2. The summed E-state index contributed by atoms with van der Waals surface area (Å²) in [7, 11) is 0. The number of hydrogen-bond acceptors (Lipinski definition) is 3. The molecule has 0 aliphatic rings. The van der Waals surface area contributed by atoms with Gasteiger partial charge >= 0.3 is 0 Å². The highest BCUT2D eigenvalue weighted by Crippen LogP contribution is 2.31. The summed E-state index contributed by atoms with van der Waals surface area (Å²) in [5, 5.41) is 17.7. The van der Waals surface area contributed by atoms with E-state index in [-0.39, 0.29) is 13.2 Å². The van der Waals surface area contributed by atoms with Crippen molar-refractivity contribution in [1.29, 1.82) is 0 Å². The molecule has 15 heavy (non-hydrogen) atoms. The standard InChI is InChI=1S/C10H12Br2O3/c1-6-2-8(3-9(11)10(6)12)15-5-7(14)4-13/h2-3,7,13-14H,4-5H2,1H3. The van der Waals surface area contributed by atoms with Gasteiger partial charge in [0.1, 0.15) is 18.5 Å². The molecule has 0 aliphatic carbocycles. The molecule has 0 saturated carbocycles. The zero-order valence-corrected chi connectivity index (χ0v) is 11.4. The van der Waals surface area contributed by atoms with Crippen LogP contribution in [0.1, 0.15) is 5.56 Å². The van der Waals surface area contributed by atoms with Gasteiger partial charge in [0.05, 0.1) is 6.61 Å². The van der Waals surface area contributed by atoms with Crippen molar-refractivity contribution >= 4 is 31.9 Å². The maximum Gasteiger partial charge on any atom is 0.120 e. The van der Waals surface area contributed by atoms with E-state index < -0.39 is 6.10 Å². The van der Waals surface area contributed by atoms with Crippen LogP contribution in [0.4, 0.5) is 0 Å². The minimum absolute atomic E-state index is 0.0873. The van der Waals surface area contributed by atoms with Crippen LogP contribution in [0.15, 0.2) is 21.1 Å². The van der Waals surface area contributed by atoms with Crippen molar-refractivity contribution in [1.82, 2.24) is 0 Å². The van der Waals surface area contributed by atoms with Crippen LogP contribution in [-0.2, 0) is 0 Å². The summed E-state index contributed by atoms with van der Waals surface area (Å²) in [6.45, 7) is 1.74. The Hall–Kier alpha value is -0.100. The summed E-state index contributed by atoms with van der Waals surface area (Å²) >= 11 is 6.80. The van der Waals surface area contributed by atoms with Gasteiger partial charge < -0.3 is 14.9 Å². The van der Waals surface area contributed by atoms with Crippen LogP contribution >= 0.6 is 31.9 Å². The Morgan fingerprint density at radius 3 is 2.60 bits per heavy atom. The monoisotopic (exact) mass is 338 g/mol. The molecule has 0 aromatic heterocycles. The average molecular weight is 340 g/mol. The third-order valence-corrected chi connectivity index (χ3v) is 4.05. The molecule has 84 valence electrons. The maximum absolute atomic E-state index is 9.12. The Labute approximate surface area is 105 Å². The SMILES string of the molecule is Cc1cc(OCC(O)CO)cc(Br)c1Br. The van der Waals surface area contributed by atoms with Crippen LogP contribution in [0.2, 0.25) is 0 Å². The van der Waals surface area contributed by atoms with Crippen molar-refractivity contribution in [2.75, 3.05) is 13.2 Å². The largest absolute Gasteiger partial charge is 0.491 e. The normalized spacial score (nSPS) is 12.6. The number of aliphatic hydroxyl groups is 2. The summed E-state index contributed by atoms with van der Waals surface area (Å²) in [6.07, 6.45) is -0.840. The number of ether oxygens (including phenoxy) is 1. The van der Waals surface area contributed by atoms with Gasteiger partial charge in [0.2, 0.25) is 0 Å². The highest BCUT2D eigenvalue weighted by molar-refractivity contribution is 9.13. The topological polar surface area (TPSA) is 49.7 Å². The second-order valence-electron chi connectivity index (χ2n) is 3.18. The summed E-state index contributed by atoms with van der Waals surface area (Å²) in [5.74, 6) is 0.662. The van der Waals surface area contributed by atoms with Crippen LogP contribution in [0.5, 0.6) is 5.75 Å². The van der Waals surface area contributed by atoms with Gasteiger partial charge in [0, 0.05) is 8.95 Å². The number of aliphatic hydroxyl groups excluding tert-OH is 2. The molecule has 1 unspecified atom stereocenters. The first-order valence-electron chi connectivity index (χ1n) is 4.42. The Bertz CT molecular complexity index is 318. The second-order valence-corrected chi connectivity index (χ2v) is 4.83. The van der Waals surface area contributed by atoms with Crippen LogP contribution < -0.4 is 4.74 Å². The molecule has 5 heteroatoms. The number of aryl methyl sites for hydroxylation is 1. The van der Waals surface area contributed by atoms with E-state index in [9.17, 15) is 0 Å².